The average molecular weight is 168 g/mol. The molecule has 0 aliphatic heterocycles. The highest BCUT2D eigenvalue weighted by Crippen LogP contribution is 2.65. The number of hydrogen-bond donors (Lipinski definition) is 2. The highest BCUT2D eigenvalue weighted by atomic mass is 14.9. The van der Waals surface area contributed by atoms with Crippen LogP contribution < -0.4 is 11.5 Å². The van der Waals surface area contributed by atoms with Gasteiger partial charge in [-0.25, -0.2) is 0 Å². The van der Waals surface area contributed by atoms with Crippen molar-refractivity contribution in [1.82, 2.24) is 0 Å². The summed E-state index contributed by atoms with van der Waals surface area (Å²) in [6.07, 6.45) is 2.25. The molecule has 2 rings (SSSR count). The molecule has 0 aromatic carbocycles. The summed E-state index contributed by atoms with van der Waals surface area (Å²) >= 11 is 0. The van der Waals surface area contributed by atoms with Gasteiger partial charge in [-0.3, -0.25) is 0 Å². The van der Waals surface area contributed by atoms with Gasteiger partial charge in [0, 0.05) is 11.6 Å². The van der Waals surface area contributed by atoms with Crippen molar-refractivity contribution in [3.63, 3.8) is 0 Å². The maximum Gasteiger partial charge on any atom is 0.0282 e. The third-order valence-corrected chi connectivity index (χ3v) is 4.30. The molecule has 0 bridgehead atoms. The Morgan fingerprint density at radius 2 is 1.75 bits per heavy atom. The maximum absolute atomic E-state index is 6.13. The van der Waals surface area contributed by atoms with Crippen LogP contribution in [0.25, 0.3) is 0 Å². The highest BCUT2D eigenvalue weighted by molar-refractivity contribution is 5.15. The van der Waals surface area contributed by atoms with Crippen molar-refractivity contribution in [2.45, 2.75) is 45.2 Å². The van der Waals surface area contributed by atoms with Gasteiger partial charge in [0.05, 0.1) is 0 Å². The molecule has 2 heteroatoms. The molecule has 0 heterocycles. The van der Waals surface area contributed by atoms with E-state index in [1.165, 1.54) is 0 Å². The maximum atomic E-state index is 6.13. The molecule has 70 valence electrons. The first-order valence-electron chi connectivity index (χ1n) is 4.90. The van der Waals surface area contributed by atoms with E-state index in [-0.39, 0.29) is 11.6 Å². The van der Waals surface area contributed by atoms with Crippen LogP contribution in [0.2, 0.25) is 0 Å². The quantitative estimate of drug-likeness (QED) is 0.569. The second kappa shape index (κ2) is 2.05. The Balaban J connectivity index is 2.14. The number of fused-ring (bicyclic) bond motifs is 1. The predicted molar refractivity (Wildman–Crippen MR) is 50.6 cm³/mol. The molecule has 2 fully saturated rings. The monoisotopic (exact) mass is 168 g/mol. The molecule has 2 aliphatic rings. The molecule has 0 aromatic heterocycles. The van der Waals surface area contributed by atoms with Gasteiger partial charge in [0.1, 0.15) is 0 Å². The first-order chi connectivity index (χ1) is 5.36. The smallest absolute Gasteiger partial charge is 0.0282 e. The van der Waals surface area contributed by atoms with Crippen molar-refractivity contribution < 1.29 is 0 Å². The van der Waals surface area contributed by atoms with Gasteiger partial charge in [-0.05, 0) is 37.0 Å². The van der Waals surface area contributed by atoms with Gasteiger partial charge in [-0.2, -0.15) is 0 Å². The van der Waals surface area contributed by atoms with Crippen LogP contribution in [0.4, 0.5) is 0 Å². The summed E-state index contributed by atoms with van der Waals surface area (Å²) in [7, 11) is 0. The standard InChI is InChI=1S/C10H20N2/c1-9(2)6-4-8(11)10(3,12)5-7(6)9/h6-8H,4-5,11-12H2,1-3H3/t6-,7+,8+,10+/m1/s1. The first kappa shape index (κ1) is 8.52. The van der Waals surface area contributed by atoms with E-state index in [9.17, 15) is 0 Å². The molecule has 0 saturated heterocycles. The highest BCUT2D eigenvalue weighted by Gasteiger charge is 2.62. The van der Waals surface area contributed by atoms with Crippen molar-refractivity contribution in [2.75, 3.05) is 0 Å². The zero-order valence-electron chi connectivity index (χ0n) is 8.30. The van der Waals surface area contributed by atoms with Gasteiger partial charge < -0.3 is 11.5 Å². The van der Waals surface area contributed by atoms with Crippen molar-refractivity contribution in [3.8, 4) is 0 Å². The van der Waals surface area contributed by atoms with E-state index in [0.29, 0.717) is 5.41 Å². The summed E-state index contributed by atoms with van der Waals surface area (Å²) in [6.45, 7) is 6.79. The van der Waals surface area contributed by atoms with Crippen molar-refractivity contribution >= 4 is 0 Å². The number of nitrogens with two attached hydrogens (primary N) is 2. The van der Waals surface area contributed by atoms with E-state index in [4.69, 9.17) is 11.5 Å². The van der Waals surface area contributed by atoms with E-state index in [1.54, 1.807) is 0 Å². The van der Waals surface area contributed by atoms with Crippen molar-refractivity contribution in [1.29, 1.82) is 0 Å². The third-order valence-electron chi connectivity index (χ3n) is 4.30. The van der Waals surface area contributed by atoms with E-state index < -0.39 is 0 Å². The number of rotatable bonds is 0. The minimum absolute atomic E-state index is 0.116. The normalized spacial score (nSPS) is 56.2. The molecule has 0 aromatic rings. The van der Waals surface area contributed by atoms with Gasteiger partial charge >= 0.3 is 0 Å². The van der Waals surface area contributed by atoms with Crippen LogP contribution in [0.5, 0.6) is 0 Å². The molecule has 2 nitrogen and oxygen atoms in total. The van der Waals surface area contributed by atoms with Crippen LogP contribution in [0.15, 0.2) is 0 Å². The molecule has 4 atom stereocenters. The zero-order valence-corrected chi connectivity index (χ0v) is 8.30. The lowest BCUT2D eigenvalue weighted by atomic mass is 9.80. The Morgan fingerprint density at radius 1 is 1.17 bits per heavy atom. The Morgan fingerprint density at radius 3 is 2.25 bits per heavy atom. The molecule has 2 aliphatic carbocycles. The van der Waals surface area contributed by atoms with Crippen LogP contribution in [-0.4, -0.2) is 11.6 Å². The lowest BCUT2D eigenvalue weighted by Gasteiger charge is -2.35. The molecule has 0 unspecified atom stereocenters. The fourth-order valence-corrected chi connectivity index (χ4v) is 2.90. The van der Waals surface area contributed by atoms with Gasteiger partial charge in [-0.15, -0.1) is 0 Å². The molecule has 12 heavy (non-hydrogen) atoms. The minimum atomic E-state index is -0.116. The summed E-state index contributed by atoms with van der Waals surface area (Å²) in [4.78, 5) is 0. The molecular weight excluding hydrogens is 148 g/mol. The van der Waals surface area contributed by atoms with Crippen LogP contribution in [-0.2, 0) is 0 Å². The van der Waals surface area contributed by atoms with Crippen LogP contribution >= 0.6 is 0 Å². The minimum Gasteiger partial charge on any atom is -0.326 e. The molecular formula is C10H20N2. The molecule has 4 N–H and O–H groups in total. The second-order valence-electron chi connectivity index (χ2n) is 5.59. The van der Waals surface area contributed by atoms with Gasteiger partial charge in [-0.1, -0.05) is 13.8 Å². The summed E-state index contributed by atoms with van der Waals surface area (Å²) < 4.78 is 0. The Bertz CT molecular complexity index is 208. The Hall–Kier alpha value is -0.0800. The average Bonchev–Trinajstić information content (AvgIpc) is 2.37. The lowest BCUT2D eigenvalue weighted by Crippen LogP contribution is -2.55. The van der Waals surface area contributed by atoms with Gasteiger partial charge in [0.15, 0.2) is 0 Å². The largest absolute Gasteiger partial charge is 0.326 e. The van der Waals surface area contributed by atoms with Crippen LogP contribution in [0.3, 0.4) is 0 Å². The van der Waals surface area contributed by atoms with E-state index in [2.05, 4.69) is 20.8 Å². The van der Waals surface area contributed by atoms with Crippen LogP contribution in [0.1, 0.15) is 33.6 Å². The fourth-order valence-electron chi connectivity index (χ4n) is 2.90. The van der Waals surface area contributed by atoms with Gasteiger partial charge in [0.25, 0.3) is 0 Å². The SMILES string of the molecule is CC1(C)[C@@H]2C[C@H](N)[C@@](C)(N)C[C@@H]21. The zero-order chi connectivity index (χ0) is 9.15. The summed E-state index contributed by atoms with van der Waals surface area (Å²) in [6, 6.07) is 0.209. The van der Waals surface area contributed by atoms with E-state index >= 15 is 0 Å². The third kappa shape index (κ3) is 0.944. The fraction of sp³-hybridized carbons (Fsp3) is 1.00. The van der Waals surface area contributed by atoms with E-state index in [1.807, 2.05) is 0 Å². The molecule has 0 radical (unpaired) electrons. The van der Waals surface area contributed by atoms with Gasteiger partial charge in [0.2, 0.25) is 0 Å². The molecule has 0 amide bonds. The summed E-state index contributed by atoms with van der Waals surface area (Å²) in [5.41, 5.74) is 12.6. The lowest BCUT2D eigenvalue weighted by molar-refractivity contribution is 0.264. The van der Waals surface area contributed by atoms with E-state index in [0.717, 1.165) is 24.7 Å². The molecule has 2 saturated carbocycles. The summed E-state index contributed by atoms with van der Waals surface area (Å²) in [5, 5.41) is 0. The predicted octanol–water partition coefficient (Wildman–Crippen LogP) is 1.10. The first-order valence-corrected chi connectivity index (χ1v) is 4.90. The molecule has 0 spiro atoms. The Kier molecular flexibility index (Phi) is 1.45. The Labute approximate surface area is 74.7 Å². The topological polar surface area (TPSA) is 52.0 Å². The van der Waals surface area contributed by atoms with Crippen molar-refractivity contribution in [2.24, 2.45) is 28.7 Å². The second-order valence-corrected chi connectivity index (χ2v) is 5.59. The summed E-state index contributed by atoms with van der Waals surface area (Å²) in [5.74, 6) is 1.69. The van der Waals surface area contributed by atoms with Crippen LogP contribution in [0, 0.1) is 17.3 Å². The number of hydrogen-bond acceptors (Lipinski definition) is 2. The van der Waals surface area contributed by atoms with Crippen molar-refractivity contribution in [3.05, 3.63) is 0 Å².